The first-order valence-electron chi connectivity index (χ1n) is 9.26. The van der Waals surface area contributed by atoms with E-state index in [0.29, 0.717) is 39.0 Å². The van der Waals surface area contributed by atoms with Crippen LogP contribution in [0.25, 0.3) is 10.9 Å². The number of nitrogens with one attached hydrogen (secondary N) is 1. The third kappa shape index (κ3) is 4.03. The summed E-state index contributed by atoms with van der Waals surface area (Å²) < 4.78 is 10.3. The predicted octanol–water partition coefficient (Wildman–Crippen LogP) is 3.70. The normalized spacial score (nSPS) is 10.8. The van der Waals surface area contributed by atoms with Crippen LogP contribution in [0.15, 0.2) is 30.3 Å². The Morgan fingerprint density at radius 2 is 1.76 bits per heavy atom. The van der Waals surface area contributed by atoms with Crippen molar-refractivity contribution in [3.63, 3.8) is 0 Å². The Bertz CT molecular complexity index is 1110. The Hall–Kier alpha value is -3.48. The van der Waals surface area contributed by atoms with Gasteiger partial charge < -0.3 is 14.5 Å². The number of aryl methyl sites for hydroxylation is 2. The second kappa shape index (κ2) is 8.26. The molecule has 1 aromatic carbocycles. The minimum atomic E-state index is -0.605. The lowest BCUT2D eigenvalue weighted by atomic mass is 10.1. The highest BCUT2D eigenvalue weighted by Gasteiger charge is 2.24. The van der Waals surface area contributed by atoms with Crippen molar-refractivity contribution in [1.82, 2.24) is 9.97 Å². The highest BCUT2D eigenvalue weighted by molar-refractivity contribution is 6.06. The molecule has 150 valence electrons. The Kier molecular flexibility index (Phi) is 5.77. The smallest absolute Gasteiger partial charge is 0.340 e. The minimum absolute atomic E-state index is 0.231. The number of pyridine rings is 1. The summed E-state index contributed by atoms with van der Waals surface area (Å²) in [5.74, 6) is -1.52. The van der Waals surface area contributed by atoms with E-state index in [1.807, 2.05) is 18.2 Å². The predicted molar refractivity (Wildman–Crippen MR) is 107 cm³/mol. The zero-order valence-corrected chi connectivity index (χ0v) is 16.8. The van der Waals surface area contributed by atoms with Crippen LogP contribution in [-0.2, 0) is 9.47 Å². The van der Waals surface area contributed by atoms with Gasteiger partial charge in [0, 0.05) is 16.8 Å². The van der Waals surface area contributed by atoms with E-state index < -0.39 is 24.3 Å². The van der Waals surface area contributed by atoms with Gasteiger partial charge in [-0.3, -0.25) is 9.78 Å². The van der Waals surface area contributed by atoms with Crippen LogP contribution in [0.1, 0.15) is 55.1 Å². The van der Waals surface area contributed by atoms with Gasteiger partial charge in [-0.05, 0) is 45.4 Å². The van der Waals surface area contributed by atoms with Crippen molar-refractivity contribution in [2.75, 3.05) is 13.2 Å². The first-order chi connectivity index (χ1) is 13.8. The van der Waals surface area contributed by atoms with Crippen LogP contribution < -0.4 is 0 Å². The average molecular weight is 394 g/mol. The SMILES string of the molecule is CCOC(=O)c1c(C)[nH]c(C(=O)COC(=O)c2cc(C)nc3ccccc23)c1C. The largest absolute Gasteiger partial charge is 0.462 e. The summed E-state index contributed by atoms with van der Waals surface area (Å²) in [6, 6.07) is 8.88. The third-order valence-corrected chi connectivity index (χ3v) is 4.59. The molecule has 2 aromatic heterocycles. The molecule has 3 aromatic rings. The number of nitrogens with zero attached hydrogens (tertiary/aromatic N) is 1. The van der Waals surface area contributed by atoms with E-state index in [-0.39, 0.29) is 12.3 Å². The lowest BCUT2D eigenvalue weighted by molar-refractivity contribution is 0.0474. The second-order valence-corrected chi connectivity index (χ2v) is 6.67. The van der Waals surface area contributed by atoms with Crippen LogP contribution in [0.4, 0.5) is 0 Å². The zero-order valence-electron chi connectivity index (χ0n) is 16.8. The van der Waals surface area contributed by atoms with Crippen molar-refractivity contribution in [2.45, 2.75) is 27.7 Å². The first kappa shape index (κ1) is 20.3. The monoisotopic (exact) mass is 394 g/mol. The summed E-state index contributed by atoms with van der Waals surface area (Å²) in [5, 5.41) is 0.659. The number of benzene rings is 1. The van der Waals surface area contributed by atoms with Crippen molar-refractivity contribution in [3.8, 4) is 0 Å². The molecule has 0 aliphatic carbocycles. The number of rotatable bonds is 6. The maximum absolute atomic E-state index is 12.6. The van der Waals surface area contributed by atoms with Gasteiger partial charge in [0.15, 0.2) is 6.61 Å². The molecule has 0 fully saturated rings. The maximum atomic E-state index is 12.6. The molecule has 0 unspecified atom stereocenters. The third-order valence-electron chi connectivity index (χ3n) is 4.59. The minimum Gasteiger partial charge on any atom is -0.462 e. The van der Waals surface area contributed by atoms with Crippen LogP contribution in [0.5, 0.6) is 0 Å². The molecule has 29 heavy (non-hydrogen) atoms. The number of fused-ring (bicyclic) bond motifs is 1. The molecule has 3 rings (SSSR count). The second-order valence-electron chi connectivity index (χ2n) is 6.67. The molecule has 7 heteroatoms. The molecule has 1 N–H and O–H groups in total. The number of aromatic nitrogens is 2. The number of para-hydroxylation sites is 1. The van der Waals surface area contributed by atoms with Crippen molar-refractivity contribution < 1.29 is 23.9 Å². The summed E-state index contributed by atoms with van der Waals surface area (Å²) in [6.45, 7) is 6.64. The van der Waals surface area contributed by atoms with Gasteiger partial charge in [-0.2, -0.15) is 0 Å². The van der Waals surface area contributed by atoms with Crippen molar-refractivity contribution >= 4 is 28.6 Å². The number of H-pyrrole nitrogens is 1. The van der Waals surface area contributed by atoms with Crippen molar-refractivity contribution in [2.24, 2.45) is 0 Å². The molecular weight excluding hydrogens is 372 g/mol. The zero-order chi connectivity index (χ0) is 21.1. The van der Waals surface area contributed by atoms with E-state index in [2.05, 4.69) is 9.97 Å². The number of hydrogen-bond donors (Lipinski definition) is 1. The quantitative estimate of drug-likeness (QED) is 0.506. The number of Topliss-reactive ketones (excluding diaryl/α,β-unsaturated/α-hetero) is 1. The molecule has 0 bridgehead atoms. The fraction of sp³-hybridized carbons (Fsp3) is 0.273. The highest BCUT2D eigenvalue weighted by atomic mass is 16.5. The Morgan fingerprint density at radius 1 is 1.03 bits per heavy atom. The van der Waals surface area contributed by atoms with Gasteiger partial charge in [-0.15, -0.1) is 0 Å². The van der Waals surface area contributed by atoms with Gasteiger partial charge in [0.05, 0.1) is 28.9 Å². The fourth-order valence-corrected chi connectivity index (χ4v) is 3.30. The van der Waals surface area contributed by atoms with E-state index in [1.165, 1.54) is 0 Å². The molecule has 7 nitrogen and oxygen atoms in total. The van der Waals surface area contributed by atoms with Crippen LogP contribution in [0.2, 0.25) is 0 Å². The summed E-state index contributed by atoms with van der Waals surface area (Å²) in [4.78, 5) is 44.6. The molecule has 0 saturated heterocycles. The lowest BCUT2D eigenvalue weighted by Crippen LogP contribution is -2.16. The van der Waals surface area contributed by atoms with E-state index in [4.69, 9.17) is 9.47 Å². The van der Waals surface area contributed by atoms with Crippen LogP contribution in [-0.4, -0.2) is 40.9 Å². The topological polar surface area (TPSA) is 98.4 Å². The number of hydrogen-bond acceptors (Lipinski definition) is 6. The molecular formula is C22H22N2O5. The first-order valence-corrected chi connectivity index (χ1v) is 9.26. The summed E-state index contributed by atoms with van der Waals surface area (Å²) in [6.07, 6.45) is 0. The number of aromatic amines is 1. The Morgan fingerprint density at radius 3 is 2.48 bits per heavy atom. The average Bonchev–Trinajstić information content (AvgIpc) is 2.99. The van der Waals surface area contributed by atoms with E-state index >= 15 is 0 Å². The van der Waals surface area contributed by atoms with E-state index in [9.17, 15) is 14.4 Å². The van der Waals surface area contributed by atoms with E-state index in [0.717, 1.165) is 0 Å². The van der Waals surface area contributed by atoms with Crippen LogP contribution in [0.3, 0.4) is 0 Å². The molecule has 2 heterocycles. The molecule has 0 aliphatic heterocycles. The van der Waals surface area contributed by atoms with Gasteiger partial charge in [0.2, 0.25) is 5.78 Å². The number of ketones is 1. The summed E-state index contributed by atoms with van der Waals surface area (Å²) in [7, 11) is 0. The molecule has 0 saturated carbocycles. The molecule has 0 amide bonds. The number of ether oxygens (including phenoxy) is 2. The molecule has 0 spiro atoms. The van der Waals surface area contributed by atoms with Gasteiger partial charge in [0.25, 0.3) is 0 Å². The lowest BCUT2D eigenvalue weighted by Gasteiger charge is -2.08. The maximum Gasteiger partial charge on any atom is 0.340 e. The molecule has 0 radical (unpaired) electrons. The van der Waals surface area contributed by atoms with Crippen molar-refractivity contribution in [3.05, 3.63) is 64.1 Å². The van der Waals surface area contributed by atoms with Gasteiger partial charge in [0.1, 0.15) is 0 Å². The standard InChI is InChI=1S/C22H22N2O5/c1-5-28-22(27)19-13(3)20(24-14(19)4)18(25)11-29-21(26)16-10-12(2)23-17-9-7-6-8-15(16)17/h6-10,24H,5,11H2,1-4H3. The summed E-state index contributed by atoms with van der Waals surface area (Å²) in [5.41, 5.74) is 3.29. The number of carbonyl (C=O) groups excluding carboxylic acids is 3. The fourth-order valence-electron chi connectivity index (χ4n) is 3.30. The Balaban J connectivity index is 1.79. The summed E-state index contributed by atoms with van der Waals surface area (Å²) >= 11 is 0. The molecule has 0 atom stereocenters. The number of esters is 2. The van der Waals surface area contributed by atoms with Gasteiger partial charge in [-0.25, -0.2) is 9.59 Å². The Labute approximate surface area is 168 Å². The van der Waals surface area contributed by atoms with Gasteiger partial charge >= 0.3 is 11.9 Å². The highest BCUT2D eigenvalue weighted by Crippen LogP contribution is 2.21. The molecule has 0 aliphatic rings. The number of carbonyl (C=O) groups is 3. The van der Waals surface area contributed by atoms with E-state index in [1.54, 1.807) is 39.8 Å². The van der Waals surface area contributed by atoms with Gasteiger partial charge in [-0.1, -0.05) is 18.2 Å². The van der Waals surface area contributed by atoms with Crippen LogP contribution >= 0.6 is 0 Å². The van der Waals surface area contributed by atoms with Crippen LogP contribution in [0, 0.1) is 20.8 Å². The van der Waals surface area contributed by atoms with Crippen molar-refractivity contribution in [1.29, 1.82) is 0 Å².